The highest BCUT2D eigenvalue weighted by Crippen LogP contribution is 2.15. The van der Waals surface area contributed by atoms with Crippen molar-refractivity contribution in [3.05, 3.63) is 71.0 Å². The summed E-state index contributed by atoms with van der Waals surface area (Å²) in [4.78, 5) is 25.5. The summed E-state index contributed by atoms with van der Waals surface area (Å²) in [6.45, 7) is 2.18. The highest BCUT2D eigenvalue weighted by Gasteiger charge is 2.19. The van der Waals surface area contributed by atoms with Gasteiger partial charge in [-0.15, -0.1) is 0 Å². The normalized spacial score (nSPS) is 13.7. The van der Waals surface area contributed by atoms with Crippen molar-refractivity contribution in [2.45, 2.75) is 32.4 Å². The van der Waals surface area contributed by atoms with Crippen molar-refractivity contribution in [1.29, 1.82) is 0 Å². The molecule has 0 unspecified atom stereocenters. The van der Waals surface area contributed by atoms with E-state index in [4.69, 9.17) is 0 Å². The Morgan fingerprint density at radius 3 is 2.67 bits per heavy atom. The Balaban J connectivity index is 1.42. The van der Waals surface area contributed by atoms with Crippen molar-refractivity contribution in [1.82, 2.24) is 15.5 Å². The van der Waals surface area contributed by atoms with Crippen LogP contribution in [0, 0.1) is 5.82 Å². The monoisotopic (exact) mass is 369 g/mol. The Hall–Kier alpha value is -2.89. The minimum atomic E-state index is -0.286. The van der Waals surface area contributed by atoms with Crippen LogP contribution in [0.2, 0.25) is 0 Å². The van der Waals surface area contributed by atoms with Crippen LogP contribution in [0.25, 0.3) is 0 Å². The molecule has 6 heteroatoms. The van der Waals surface area contributed by atoms with E-state index >= 15 is 0 Å². The largest absolute Gasteiger partial charge is 0.338 e. The van der Waals surface area contributed by atoms with Crippen molar-refractivity contribution in [2.24, 2.45) is 0 Å². The maximum atomic E-state index is 13.5. The maximum absolute atomic E-state index is 13.5. The first-order valence-electron chi connectivity index (χ1n) is 9.22. The summed E-state index contributed by atoms with van der Waals surface area (Å²) < 4.78 is 13.5. The van der Waals surface area contributed by atoms with Gasteiger partial charge in [0.25, 0.3) is 0 Å². The van der Waals surface area contributed by atoms with Crippen LogP contribution in [0.4, 0.5) is 9.18 Å². The molecular weight excluding hydrogens is 345 g/mol. The van der Waals surface area contributed by atoms with Gasteiger partial charge in [-0.1, -0.05) is 42.5 Å². The summed E-state index contributed by atoms with van der Waals surface area (Å²) in [5, 5.41) is 5.54. The molecule has 2 aromatic rings. The molecule has 3 rings (SSSR count). The second-order valence-electron chi connectivity index (χ2n) is 6.69. The Labute approximate surface area is 158 Å². The molecule has 0 radical (unpaired) electrons. The van der Waals surface area contributed by atoms with Gasteiger partial charge in [-0.2, -0.15) is 0 Å². The van der Waals surface area contributed by atoms with Crippen LogP contribution in [0.15, 0.2) is 48.5 Å². The molecule has 2 aromatic carbocycles. The third kappa shape index (κ3) is 5.54. The van der Waals surface area contributed by atoms with Crippen LogP contribution in [0.5, 0.6) is 0 Å². The van der Waals surface area contributed by atoms with E-state index in [1.807, 2.05) is 29.2 Å². The van der Waals surface area contributed by atoms with Gasteiger partial charge in [0.15, 0.2) is 0 Å². The molecular formula is C21H24FN3O2. The number of rotatable bonds is 7. The highest BCUT2D eigenvalue weighted by molar-refractivity contribution is 5.78. The quantitative estimate of drug-likeness (QED) is 0.788. The molecule has 5 nitrogen and oxygen atoms in total. The fourth-order valence-corrected chi connectivity index (χ4v) is 3.19. The molecule has 0 saturated carbocycles. The Kier molecular flexibility index (Phi) is 6.41. The molecule has 0 aliphatic carbocycles. The second-order valence-corrected chi connectivity index (χ2v) is 6.69. The molecule has 1 fully saturated rings. The van der Waals surface area contributed by atoms with Gasteiger partial charge in [-0.3, -0.25) is 4.79 Å². The second kappa shape index (κ2) is 9.16. The zero-order valence-corrected chi connectivity index (χ0v) is 15.2. The van der Waals surface area contributed by atoms with Gasteiger partial charge in [-0.25, -0.2) is 9.18 Å². The van der Waals surface area contributed by atoms with E-state index in [1.54, 1.807) is 18.2 Å². The van der Waals surface area contributed by atoms with E-state index in [2.05, 4.69) is 10.6 Å². The summed E-state index contributed by atoms with van der Waals surface area (Å²) in [6, 6.07) is 14.1. The lowest BCUT2D eigenvalue weighted by Gasteiger charge is -2.16. The topological polar surface area (TPSA) is 61.4 Å². The Bertz CT molecular complexity index is 810. The molecule has 1 saturated heterocycles. The minimum Gasteiger partial charge on any atom is -0.338 e. The van der Waals surface area contributed by atoms with E-state index in [9.17, 15) is 14.0 Å². The van der Waals surface area contributed by atoms with Crippen molar-refractivity contribution in [3.63, 3.8) is 0 Å². The molecule has 27 heavy (non-hydrogen) atoms. The predicted octanol–water partition coefficient (Wildman–Crippen LogP) is 2.99. The van der Waals surface area contributed by atoms with Crippen LogP contribution in [-0.4, -0.2) is 29.9 Å². The minimum absolute atomic E-state index is 0.202. The highest BCUT2D eigenvalue weighted by atomic mass is 19.1. The lowest BCUT2D eigenvalue weighted by Crippen LogP contribution is -2.36. The lowest BCUT2D eigenvalue weighted by molar-refractivity contribution is -0.128. The fraction of sp³-hybridized carbons (Fsp3) is 0.333. The van der Waals surface area contributed by atoms with E-state index < -0.39 is 0 Å². The number of carbonyl (C=O) groups is 2. The van der Waals surface area contributed by atoms with Gasteiger partial charge in [0, 0.05) is 32.6 Å². The first-order chi connectivity index (χ1) is 13.1. The maximum Gasteiger partial charge on any atom is 0.315 e. The number of likely N-dealkylation sites (tertiary alicyclic amines) is 1. The number of halogens is 1. The van der Waals surface area contributed by atoms with Crippen molar-refractivity contribution >= 4 is 11.9 Å². The summed E-state index contributed by atoms with van der Waals surface area (Å²) >= 11 is 0. The number of nitrogens with zero attached hydrogens (tertiary/aromatic N) is 1. The van der Waals surface area contributed by atoms with Crippen LogP contribution in [0.1, 0.15) is 29.5 Å². The van der Waals surface area contributed by atoms with Gasteiger partial charge in [0.2, 0.25) is 5.91 Å². The smallest absolute Gasteiger partial charge is 0.315 e. The SMILES string of the molecule is O=C(NCCc1ccccc1F)NCc1cccc(CN2CCCC2=O)c1. The van der Waals surface area contributed by atoms with Gasteiger partial charge < -0.3 is 15.5 Å². The average molecular weight is 369 g/mol. The van der Waals surface area contributed by atoms with Gasteiger partial charge in [0.1, 0.15) is 5.82 Å². The molecule has 142 valence electrons. The van der Waals surface area contributed by atoms with Gasteiger partial charge in [0.05, 0.1) is 0 Å². The summed E-state index contributed by atoms with van der Waals surface area (Å²) in [5.74, 6) is -0.0548. The molecule has 0 bridgehead atoms. The van der Waals surface area contributed by atoms with Crippen LogP contribution >= 0.6 is 0 Å². The fourth-order valence-electron chi connectivity index (χ4n) is 3.19. The first-order valence-corrected chi connectivity index (χ1v) is 9.22. The molecule has 0 spiro atoms. The molecule has 2 N–H and O–H groups in total. The number of hydrogen-bond donors (Lipinski definition) is 2. The molecule has 3 amide bonds. The Morgan fingerprint density at radius 1 is 1.07 bits per heavy atom. The molecule has 0 atom stereocenters. The van der Waals surface area contributed by atoms with E-state index in [1.165, 1.54) is 6.07 Å². The van der Waals surface area contributed by atoms with E-state index in [-0.39, 0.29) is 17.8 Å². The number of amides is 3. The van der Waals surface area contributed by atoms with Crippen LogP contribution < -0.4 is 10.6 Å². The number of urea groups is 1. The lowest BCUT2D eigenvalue weighted by atomic mass is 10.1. The first kappa shape index (κ1) is 18.9. The average Bonchev–Trinajstić information content (AvgIpc) is 3.07. The number of hydrogen-bond acceptors (Lipinski definition) is 2. The van der Waals surface area contributed by atoms with E-state index in [0.717, 1.165) is 24.1 Å². The van der Waals surface area contributed by atoms with Gasteiger partial charge >= 0.3 is 6.03 Å². The molecule has 0 aromatic heterocycles. The van der Waals surface area contributed by atoms with Crippen molar-refractivity contribution < 1.29 is 14.0 Å². The summed E-state index contributed by atoms with van der Waals surface area (Å²) in [7, 11) is 0. The standard InChI is InChI=1S/C21H24FN3O2/c22-19-8-2-1-7-18(19)10-11-23-21(27)24-14-16-5-3-6-17(13-16)15-25-12-4-9-20(25)26/h1-3,5-8,13H,4,9-12,14-15H2,(H2,23,24,27). The number of carbonyl (C=O) groups excluding carboxylic acids is 2. The van der Waals surface area contributed by atoms with Crippen molar-refractivity contribution in [2.75, 3.05) is 13.1 Å². The predicted molar refractivity (Wildman–Crippen MR) is 101 cm³/mol. The molecule has 1 aliphatic rings. The third-order valence-corrected chi connectivity index (χ3v) is 4.63. The Morgan fingerprint density at radius 2 is 1.89 bits per heavy atom. The van der Waals surface area contributed by atoms with Crippen molar-refractivity contribution in [3.8, 4) is 0 Å². The molecule has 1 heterocycles. The number of benzene rings is 2. The zero-order valence-electron chi connectivity index (χ0n) is 15.2. The summed E-state index contributed by atoms with van der Waals surface area (Å²) in [5.41, 5.74) is 2.62. The number of nitrogens with one attached hydrogen (secondary N) is 2. The van der Waals surface area contributed by atoms with Crippen LogP contribution in [-0.2, 0) is 24.3 Å². The third-order valence-electron chi connectivity index (χ3n) is 4.63. The molecule has 1 aliphatic heterocycles. The summed E-state index contributed by atoms with van der Waals surface area (Å²) in [6.07, 6.45) is 2.00. The van der Waals surface area contributed by atoms with Gasteiger partial charge in [-0.05, 0) is 35.6 Å². The zero-order chi connectivity index (χ0) is 19.1. The van der Waals surface area contributed by atoms with E-state index in [0.29, 0.717) is 38.0 Å². The van der Waals surface area contributed by atoms with Crippen LogP contribution in [0.3, 0.4) is 0 Å².